The van der Waals surface area contributed by atoms with Crippen LogP contribution in [-0.2, 0) is 14.3 Å². The zero-order valence-electron chi connectivity index (χ0n) is 10.1. The first-order chi connectivity index (χ1) is 8.27. The molecule has 1 unspecified atom stereocenters. The maximum atomic E-state index is 11.4. The summed E-state index contributed by atoms with van der Waals surface area (Å²) in [6.07, 6.45) is 0. The van der Waals surface area contributed by atoms with E-state index in [1.165, 1.54) is 12.7 Å². The summed E-state index contributed by atoms with van der Waals surface area (Å²) in [5.74, 6) is -0.165. The van der Waals surface area contributed by atoms with Crippen molar-refractivity contribution in [3.8, 4) is 0 Å². The van der Waals surface area contributed by atoms with Crippen molar-refractivity contribution in [2.24, 2.45) is 0 Å². The SMILES string of the molecule is COC[C@@H](c1ccccc1)N1C[C@H]1C(=O)OC. The number of methoxy groups -OCH3 is 2. The fourth-order valence-corrected chi connectivity index (χ4v) is 2.06. The van der Waals surface area contributed by atoms with E-state index in [-0.39, 0.29) is 18.1 Å². The van der Waals surface area contributed by atoms with E-state index in [1.807, 2.05) is 18.2 Å². The van der Waals surface area contributed by atoms with E-state index in [2.05, 4.69) is 17.0 Å². The summed E-state index contributed by atoms with van der Waals surface area (Å²) >= 11 is 0. The minimum absolute atomic E-state index is 0.111. The minimum Gasteiger partial charge on any atom is -0.468 e. The lowest BCUT2D eigenvalue weighted by molar-refractivity contribution is -0.141. The molecule has 2 rings (SSSR count). The van der Waals surface area contributed by atoms with Crippen LogP contribution in [0.15, 0.2) is 30.3 Å². The van der Waals surface area contributed by atoms with Gasteiger partial charge in [-0.05, 0) is 5.56 Å². The first kappa shape index (κ1) is 12.1. The normalized spacial score (nSPS) is 24.1. The van der Waals surface area contributed by atoms with Crippen LogP contribution in [0.2, 0.25) is 0 Å². The summed E-state index contributed by atoms with van der Waals surface area (Å²) < 4.78 is 9.97. The Labute approximate surface area is 101 Å². The molecule has 1 fully saturated rings. The molecule has 0 spiro atoms. The maximum absolute atomic E-state index is 11.4. The zero-order chi connectivity index (χ0) is 12.3. The fraction of sp³-hybridized carbons (Fsp3) is 0.462. The second-order valence-corrected chi connectivity index (χ2v) is 4.12. The predicted molar refractivity (Wildman–Crippen MR) is 63.6 cm³/mol. The van der Waals surface area contributed by atoms with Crippen LogP contribution in [-0.4, -0.2) is 44.3 Å². The molecule has 0 amide bonds. The number of hydrogen-bond acceptors (Lipinski definition) is 4. The molecule has 1 aromatic carbocycles. The largest absolute Gasteiger partial charge is 0.468 e. The average molecular weight is 235 g/mol. The van der Waals surface area contributed by atoms with E-state index in [4.69, 9.17) is 9.47 Å². The Kier molecular flexibility index (Phi) is 3.76. The number of rotatable bonds is 5. The van der Waals surface area contributed by atoms with E-state index in [1.54, 1.807) is 7.11 Å². The highest BCUT2D eigenvalue weighted by atomic mass is 16.5. The molecule has 1 aliphatic heterocycles. The van der Waals surface area contributed by atoms with Crippen LogP contribution >= 0.6 is 0 Å². The Bertz CT molecular complexity index is 380. The minimum atomic E-state index is -0.165. The third-order valence-electron chi connectivity index (χ3n) is 3.03. The molecule has 1 aromatic rings. The third-order valence-corrected chi connectivity index (χ3v) is 3.03. The monoisotopic (exact) mass is 235 g/mol. The van der Waals surface area contributed by atoms with Crippen molar-refractivity contribution >= 4 is 5.97 Å². The van der Waals surface area contributed by atoms with Gasteiger partial charge in [-0.1, -0.05) is 30.3 Å². The van der Waals surface area contributed by atoms with Crippen LogP contribution < -0.4 is 0 Å². The van der Waals surface area contributed by atoms with Gasteiger partial charge in [0.25, 0.3) is 0 Å². The van der Waals surface area contributed by atoms with Gasteiger partial charge < -0.3 is 9.47 Å². The topological polar surface area (TPSA) is 38.5 Å². The zero-order valence-corrected chi connectivity index (χ0v) is 10.1. The highest BCUT2D eigenvalue weighted by molar-refractivity contribution is 5.79. The van der Waals surface area contributed by atoms with Crippen molar-refractivity contribution in [1.82, 2.24) is 4.90 Å². The van der Waals surface area contributed by atoms with Crippen LogP contribution in [0.4, 0.5) is 0 Å². The highest BCUT2D eigenvalue weighted by Gasteiger charge is 2.46. The number of nitrogens with zero attached hydrogens (tertiary/aromatic N) is 1. The molecule has 1 heterocycles. The van der Waals surface area contributed by atoms with Crippen molar-refractivity contribution in [1.29, 1.82) is 0 Å². The summed E-state index contributed by atoms with van der Waals surface area (Å²) in [4.78, 5) is 13.5. The molecular weight excluding hydrogens is 218 g/mol. The summed E-state index contributed by atoms with van der Waals surface area (Å²) in [6.45, 7) is 1.33. The van der Waals surface area contributed by atoms with Gasteiger partial charge in [-0.2, -0.15) is 0 Å². The Morgan fingerprint density at radius 3 is 2.71 bits per heavy atom. The molecule has 0 N–H and O–H groups in total. The third kappa shape index (κ3) is 2.65. The molecule has 0 aliphatic carbocycles. The summed E-state index contributed by atoms with van der Waals surface area (Å²) in [7, 11) is 3.10. The number of carbonyl (C=O) groups excluding carboxylic acids is 1. The van der Waals surface area contributed by atoms with Crippen LogP contribution in [0, 0.1) is 0 Å². The van der Waals surface area contributed by atoms with Crippen molar-refractivity contribution in [2.75, 3.05) is 27.4 Å². The Morgan fingerprint density at radius 1 is 1.41 bits per heavy atom. The smallest absolute Gasteiger partial charge is 0.324 e. The Hall–Kier alpha value is -1.39. The molecular formula is C13H17NO3. The molecule has 17 heavy (non-hydrogen) atoms. The van der Waals surface area contributed by atoms with Crippen molar-refractivity contribution < 1.29 is 14.3 Å². The molecule has 92 valence electrons. The second-order valence-electron chi connectivity index (χ2n) is 4.12. The van der Waals surface area contributed by atoms with E-state index in [9.17, 15) is 4.79 Å². The van der Waals surface area contributed by atoms with Crippen molar-refractivity contribution in [3.63, 3.8) is 0 Å². The summed E-state index contributed by atoms with van der Waals surface area (Å²) in [5.41, 5.74) is 1.17. The second kappa shape index (κ2) is 5.29. The van der Waals surface area contributed by atoms with Crippen molar-refractivity contribution in [3.05, 3.63) is 35.9 Å². The van der Waals surface area contributed by atoms with E-state index >= 15 is 0 Å². The van der Waals surface area contributed by atoms with Gasteiger partial charge >= 0.3 is 5.97 Å². The maximum Gasteiger partial charge on any atom is 0.324 e. The van der Waals surface area contributed by atoms with Gasteiger partial charge in [0.2, 0.25) is 0 Å². The van der Waals surface area contributed by atoms with Crippen LogP contribution in [0.25, 0.3) is 0 Å². The van der Waals surface area contributed by atoms with Gasteiger partial charge in [0.15, 0.2) is 0 Å². The lowest BCUT2D eigenvalue weighted by Crippen LogP contribution is -2.21. The van der Waals surface area contributed by atoms with Gasteiger partial charge in [-0.3, -0.25) is 9.69 Å². The number of benzene rings is 1. The van der Waals surface area contributed by atoms with Gasteiger partial charge in [-0.15, -0.1) is 0 Å². The van der Waals surface area contributed by atoms with Gasteiger partial charge in [0, 0.05) is 13.7 Å². The van der Waals surface area contributed by atoms with Gasteiger partial charge in [0.1, 0.15) is 6.04 Å². The molecule has 3 atom stereocenters. The quantitative estimate of drug-likeness (QED) is 0.568. The number of carbonyl (C=O) groups is 1. The Morgan fingerprint density at radius 2 is 2.12 bits per heavy atom. The number of esters is 1. The van der Waals surface area contributed by atoms with Gasteiger partial charge in [0.05, 0.1) is 19.8 Å². The summed E-state index contributed by atoms with van der Waals surface area (Å²) in [5, 5.41) is 0. The molecule has 0 bridgehead atoms. The molecule has 1 aliphatic rings. The first-order valence-electron chi connectivity index (χ1n) is 5.65. The molecule has 0 aromatic heterocycles. The molecule has 0 saturated carbocycles. The van der Waals surface area contributed by atoms with Crippen molar-refractivity contribution in [2.45, 2.75) is 12.1 Å². The number of hydrogen-bond donors (Lipinski definition) is 0. The van der Waals surface area contributed by atoms with Gasteiger partial charge in [-0.25, -0.2) is 0 Å². The lowest BCUT2D eigenvalue weighted by atomic mass is 10.1. The van der Waals surface area contributed by atoms with Crippen LogP contribution in [0.3, 0.4) is 0 Å². The van der Waals surface area contributed by atoms with Crippen LogP contribution in [0.1, 0.15) is 11.6 Å². The summed E-state index contributed by atoms with van der Waals surface area (Å²) in [6, 6.07) is 10.1. The average Bonchev–Trinajstić information content (AvgIpc) is 3.16. The lowest BCUT2D eigenvalue weighted by Gasteiger charge is -2.18. The first-order valence-corrected chi connectivity index (χ1v) is 5.65. The predicted octanol–water partition coefficient (Wildman–Crippen LogP) is 1.23. The van der Waals surface area contributed by atoms with E-state index in [0.717, 1.165) is 6.54 Å². The molecule has 4 nitrogen and oxygen atoms in total. The number of ether oxygens (including phenoxy) is 2. The molecule has 0 radical (unpaired) electrons. The fourth-order valence-electron chi connectivity index (χ4n) is 2.06. The van der Waals surface area contributed by atoms with E-state index < -0.39 is 0 Å². The van der Waals surface area contributed by atoms with Crippen LogP contribution in [0.5, 0.6) is 0 Å². The standard InChI is InChI=1S/C13H17NO3/c1-16-9-12(10-6-4-3-5-7-10)14-8-11(14)13(15)17-2/h3-7,11-12H,8-9H2,1-2H3/t11-,12-,14?/m0/s1. The molecule has 1 saturated heterocycles. The Balaban J connectivity index is 2.07. The molecule has 4 heteroatoms. The van der Waals surface area contributed by atoms with E-state index in [0.29, 0.717) is 6.61 Å². The highest BCUT2D eigenvalue weighted by Crippen LogP contribution is 2.32.